The zero-order valence-electron chi connectivity index (χ0n) is 48.9. The predicted octanol–water partition coefficient (Wildman–Crippen LogP) is 25.4. The molecule has 0 saturated heterocycles. The fourth-order valence-electron chi connectivity index (χ4n) is 15.0. The molecule has 92 heavy (non-hydrogen) atoms. The second-order valence-electron chi connectivity index (χ2n) is 24.4. The van der Waals surface area contributed by atoms with E-state index in [0.29, 0.717) is 0 Å². The fraction of sp³-hybridized carbons (Fsp3) is 0. The molecule has 2 N–H and O–H groups in total. The van der Waals surface area contributed by atoms with Gasteiger partial charge in [-0.15, -0.1) is 45.3 Å². The molecule has 3 aliphatic rings. The van der Waals surface area contributed by atoms with Crippen molar-refractivity contribution in [1.82, 2.24) is 19.9 Å². The lowest BCUT2D eigenvalue weighted by Gasteiger charge is -2.09. The molecule has 0 amide bonds. The molecular weight excluding hydrogens is 1190 g/mol. The van der Waals surface area contributed by atoms with Gasteiger partial charge in [0.05, 0.1) is 44.8 Å². The van der Waals surface area contributed by atoms with Crippen molar-refractivity contribution in [3.63, 3.8) is 0 Å². The highest BCUT2D eigenvalue weighted by Crippen LogP contribution is 2.56. The first-order valence-electron chi connectivity index (χ1n) is 31.1. The molecule has 8 heteroatoms. The van der Waals surface area contributed by atoms with Crippen LogP contribution in [0.2, 0.25) is 0 Å². The van der Waals surface area contributed by atoms with E-state index in [4.69, 9.17) is 9.97 Å². The Morgan fingerprint density at radius 2 is 0.402 bits per heavy atom. The lowest BCUT2D eigenvalue weighted by molar-refractivity contribution is 1.41. The van der Waals surface area contributed by atoms with Crippen molar-refractivity contribution in [2.75, 3.05) is 0 Å². The van der Waals surface area contributed by atoms with Crippen LogP contribution in [0.5, 0.6) is 0 Å². The normalized spacial score (nSPS) is 12.3. The van der Waals surface area contributed by atoms with Crippen molar-refractivity contribution in [2.45, 2.75) is 0 Å². The Morgan fingerprint density at radius 1 is 0.207 bits per heavy atom. The van der Waals surface area contributed by atoms with Gasteiger partial charge in [0.25, 0.3) is 0 Å². The zero-order valence-corrected chi connectivity index (χ0v) is 52.2. The Labute approximate surface area is 541 Å². The number of fused-ring (bicyclic) bond motifs is 8. The first-order chi connectivity index (χ1) is 45.5. The molecule has 12 aromatic carbocycles. The van der Waals surface area contributed by atoms with Gasteiger partial charge in [-0.05, 0) is 162 Å². The number of thiophene rings is 4. The highest BCUT2D eigenvalue weighted by atomic mass is 32.1. The van der Waals surface area contributed by atoms with Crippen LogP contribution in [0, 0.1) is 0 Å². The molecule has 18 aromatic rings. The van der Waals surface area contributed by atoms with Crippen LogP contribution < -0.4 is 0 Å². The lowest BCUT2D eigenvalue weighted by Crippen LogP contribution is -1.86. The summed E-state index contributed by atoms with van der Waals surface area (Å²) < 4.78 is 4.87. The van der Waals surface area contributed by atoms with E-state index >= 15 is 0 Å². The second kappa shape index (κ2) is 19.3. The SMILES string of the molecule is c1ccc2cc3c(cc2c1)-c1nc-3c(-c2cc3ccccc3s2)c2[nH]c(c(-c3cc4ccccc4s3)c3nc(c(-c4cc5ccccc5s4)c4[nH]c(c1-c1cc5ccccc5s1)c1cc5ccccc5cc41)-c1cc4ccccc4cc1-3)c1cc3ccccc3cc21. The Kier molecular flexibility index (Phi) is 10.7. The van der Waals surface area contributed by atoms with Crippen LogP contribution >= 0.6 is 45.3 Å². The highest BCUT2D eigenvalue weighted by molar-refractivity contribution is 7.23. The molecule has 0 atom stereocenters. The number of hydrogen-bond acceptors (Lipinski definition) is 6. The third kappa shape index (κ3) is 7.55. The monoisotopic (exact) mass is 1240 g/mol. The second-order valence-corrected chi connectivity index (χ2v) is 28.8. The van der Waals surface area contributed by atoms with Crippen molar-refractivity contribution < 1.29 is 0 Å². The number of hydrogen-bond donors (Lipinski definition) is 2. The van der Waals surface area contributed by atoms with Crippen LogP contribution in [-0.4, -0.2) is 19.9 Å². The molecule has 0 spiro atoms. The summed E-state index contributed by atoms with van der Waals surface area (Å²) >= 11 is 7.35. The standard InChI is InChI=1S/C84H46N4S4/c1-2-18-46-34-58-57(33-45(46)17-1)77-73(69-41-53-25-9-13-29-65(53)89-69)79-59-35-47-19-3-4-20-48(47)36-60(59)81(86-79)75(71-43-55-27-11-15-31-67(55)91-71)83-63-39-51-23-7-8-24-52(51)40-64(63)84(88-83)76(72-44-56-28-12-16-32-68(56)92-72)82-62-38-50-22-6-5-21-49(50)37-61(62)80(87-82)74(78(58)85-77)70-42-54-26-10-14-30-66(54)90-70/h1-44,85,88H. The number of aromatic nitrogens is 4. The number of rotatable bonds is 4. The predicted molar refractivity (Wildman–Crippen MR) is 398 cm³/mol. The first-order valence-corrected chi connectivity index (χ1v) is 34.3. The van der Waals surface area contributed by atoms with E-state index < -0.39 is 0 Å². The van der Waals surface area contributed by atoms with Gasteiger partial charge in [0, 0.05) is 104 Å². The summed E-state index contributed by atoms with van der Waals surface area (Å²) in [6, 6.07) is 99.7. The van der Waals surface area contributed by atoms with Crippen molar-refractivity contribution in [2.24, 2.45) is 0 Å². The Hall–Kier alpha value is -10.8. The average Bonchev–Trinajstić information content (AvgIpc) is 1.57. The van der Waals surface area contributed by atoms with E-state index in [-0.39, 0.29) is 0 Å². The molecular formula is C84H46N4S4. The molecule has 426 valence electrons. The van der Waals surface area contributed by atoms with E-state index in [9.17, 15) is 0 Å². The Balaban J connectivity index is 1.10. The maximum atomic E-state index is 6.38. The Morgan fingerprint density at radius 3 is 0.620 bits per heavy atom. The van der Waals surface area contributed by atoms with Crippen LogP contribution in [-0.2, 0) is 0 Å². The summed E-state index contributed by atoms with van der Waals surface area (Å²) in [7, 11) is 0. The minimum atomic E-state index is 0.925. The maximum Gasteiger partial charge on any atom is 0.0824 e. The summed E-state index contributed by atoms with van der Waals surface area (Å²) in [6.07, 6.45) is 0. The minimum Gasteiger partial charge on any atom is -0.353 e. The van der Waals surface area contributed by atoms with Crippen LogP contribution in [0.3, 0.4) is 0 Å². The van der Waals surface area contributed by atoms with E-state index in [1.807, 2.05) is 45.3 Å². The molecule has 6 aromatic heterocycles. The van der Waals surface area contributed by atoms with Gasteiger partial charge in [-0.1, -0.05) is 170 Å². The van der Waals surface area contributed by atoms with E-state index in [1.165, 1.54) is 61.9 Å². The van der Waals surface area contributed by atoms with Crippen molar-refractivity contribution in [3.8, 4) is 86.8 Å². The van der Waals surface area contributed by atoms with Gasteiger partial charge >= 0.3 is 0 Å². The number of aromatic amines is 2. The zero-order chi connectivity index (χ0) is 59.9. The summed E-state index contributed by atoms with van der Waals surface area (Å²) in [5, 5.41) is 18.6. The van der Waals surface area contributed by atoms with Gasteiger partial charge in [-0.25, -0.2) is 9.97 Å². The summed E-state index contributed by atoms with van der Waals surface area (Å²) in [4.78, 5) is 26.2. The quantitative estimate of drug-likeness (QED) is 0.184. The van der Waals surface area contributed by atoms with Crippen LogP contribution in [0.4, 0.5) is 0 Å². The summed E-state index contributed by atoms with van der Waals surface area (Å²) in [5.74, 6) is 0. The molecule has 2 aliphatic heterocycles. The van der Waals surface area contributed by atoms with E-state index in [1.54, 1.807) is 0 Å². The van der Waals surface area contributed by atoms with Gasteiger partial charge in [-0.3, -0.25) is 0 Å². The smallest absolute Gasteiger partial charge is 0.0824 e. The van der Waals surface area contributed by atoms with Crippen molar-refractivity contribution >= 4 is 172 Å². The van der Waals surface area contributed by atoms with Crippen LogP contribution in [0.1, 0.15) is 0 Å². The molecule has 0 saturated carbocycles. The first kappa shape index (κ1) is 51.0. The average molecular weight is 1240 g/mol. The minimum absolute atomic E-state index is 0.925. The number of benzene rings is 12. The maximum absolute atomic E-state index is 6.38. The Bertz CT molecular complexity index is 5740. The summed E-state index contributed by atoms with van der Waals surface area (Å²) in [6.45, 7) is 0. The topological polar surface area (TPSA) is 57.4 Å². The molecule has 0 unspecified atom stereocenters. The van der Waals surface area contributed by atoms with E-state index in [0.717, 1.165) is 152 Å². The third-order valence-corrected chi connectivity index (χ3v) is 23.8. The van der Waals surface area contributed by atoms with Gasteiger partial charge in [0.1, 0.15) is 0 Å². The molecule has 8 heterocycles. The van der Waals surface area contributed by atoms with Crippen LogP contribution in [0.25, 0.3) is 214 Å². The van der Waals surface area contributed by atoms with Crippen molar-refractivity contribution in [1.29, 1.82) is 0 Å². The lowest BCUT2D eigenvalue weighted by atomic mass is 9.93. The van der Waals surface area contributed by atoms with Crippen LogP contribution in [0.15, 0.2) is 267 Å². The summed E-state index contributed by atoms with van der Waals surface area (Å²) in [5.41, 5.74) is 16.3. The van der Waals surface area contributed by atoms with E-state index in [2.05, 4.69) is 277 Å². The molecule has 0 fully saturated rings. The van der Waals surface area contributed by atoms with Gasteiger partial charge in [0.2, 0.25) is 0 Å². The fourth-order valence-corrected chi connectivity index (χ4v) is 19.4. The van der Waals surface area contributed by atoms with Crippen molar-refractivity contribution in [3.05, 3.63) is 267 Å². The number of H-pyrrole nitrogens is 2. The van der Waals surface area contributed by atoms with Gasteiger partial charge in [0.15, 0.2) is 0 Å². The largest absolute Gasteiger partial charge is 0.353 e. The highest BCUT2D eigenvalue weighted by Gasteiger charge is 2.33. The molecule has 8 bridgehead atoms. The molecule has 0 radical (unpaired) electrons. The third-order valence-electron chi connectivity index (χ3n) is 19.2. The number of nitrogens with zero attached hydrogens (tertiary/aromatic N) is 2. The number of nitrogens with one attached hydrogen (secondary N) is 2. The molecule has 1 aliphatic carbocycles. The molecule has 21 rings (SSSR count). The molecule has 4 nitrogen and oxygen atoms in total. The van der Waals surface area contributed by atoms with Gasteiger partial charge in [-0.2, -0.15) is 0 Å². The van der Waals surface area contributed by atoms with Gasteiger partial charge < -0.3 is 9.97 Å².